The average Bonchev–Trinajstić information content (AvgIpc) is 3.24. The number of piperidine rings is 1. The molecule has 6 nitrogen and oxygen atoms in total. The fourth-order valence-corrected chi connectivity index (χ4v) is 8.89. The lowest BCUT2D eigenvalue weighted by Crippen LogP contribution is -2.42. The maximum Gasteiger partial charge on any atom is 0.308 e. The Morgan fingerprint density at radius 1 is 0.534 bits per heavy atom. The molecule has 0 spiro atoms. The molecule has 1 aliphatic rings. The van der Waals surface area contributed by atoms with Crippen molar-refractivity contribution in [3.63, 3.8) is 0 Å². The normalized spacial score (nSPS) is 15.3. The number of esters is 2. The van der Waals surface area contributed by atoms with E-state index in [0.717, 1.165) is 116 Å². The molecule has 0 radical (unpaired) electrons. The van der Waals surface area contributed by atoms with Crippen LogP contribution in [-0.2, 0) is 30.4 Å². The van der Waals surface area contributed by atoms with E-state index in [0.29, 0.717) is 19.8 Å². The number of carbonyl (C=O) groups excluding carboxylic acids is 2. The van der Waals surface area contributed by atoms with Crippen LogP contribution in [0.1, 0.15) is 226 Å². The van der Waals surface area contributed by atoms with Crippen molar-refractivity contribution in [3.05, 3.63) is 35.9 Å². The lowest BCUT2D eigenvalue weighted by Gasteiger charge is -2.42. The Hall–Kier alpha value is -1.92. The Labute approximate surface area is 359 Å². The van der Waals surface area contributed by atoms with E-state index < -0.39 is 0 Å². The minimum atomic E-state index is 0.0270. The number of hydrogen-bond acceptors (Lipinski definition) is 6. The highest BCUT2D eigenvalue weighted by Gasteiger charge is 2.35. The number of rotatable bonds is 39. The first kappa shape index (κ1) is 52.2. The summed E-state index contributed by atoms with van der Waals surface area (Å²) in [6, 6.07) is 10.4. The van der Waals surface area contributed by atoms with Gasteiger partial charge in [0.05, 0.1) is 31.7 Å². The van der Waals surface area contributed by atoms with Crippen LogP contribution in [0.15, 0.2) is 30.3 Å². The van der Waals surface area contributed by atoms with Crippen LogP contribution in [0.5, 0.6) is 0 Å². The summed E-state index contributed by atoms with van der Waals surface area (Å²) in [4.78, 5) is 29.8. The quantitative estimate of drug-likeness (QED) is 0.0487. The molecule has 0 amide bonds. The predicted octanol–water partition coefficient (Wildman–Crippen LogP) is 14.6. The van der Waals surface area contributed by atoms with Gasteiger partial charge in [0.1, 0.15) is 0 Å². The Kier molecular flexibility index (Phi) is 32.2. The van der Waals surface area contributed by atoms with Crippen molar-refractivity contribution >= 4 is 11.9 Å². The Balaban J connectivity index is 1.96. The third kappa shape index (κ3) is 25.6. The minimum absolute atomic E-state index is 0.0270. The number of likely N-dealkylation sites (tertiary alicyclic amines) is 1. The van der Waals surface area contributed by atoms with E-state index >= 15 is 0 Å². The molecule has 1 saturated heterocycles. The molecule has 58 heavy (non-hydrogen) atoms. The van der Waals surface area contributed by atoms with Gasteiger partial charge in [0.25, 0.3) is 0 Å². The molecule has 1 heterocycles. The standard InChI is InChI=1S/C52H93NO5/c1-5-9-13-17-19-26-34-48(32-24-15-11-7-3)50(54)57-44-38-52(36-41-53(42-37-52)40-28-29-43-56-46-47-30-22-21-23-31-47)39-45-58-51(55)49(33-25-16-12-8-4)35-27-20-18-14-10-6-2/h21-23,30-31,48-49H,5-20,24-29,32-46H2,1-4H3. The number of carbonyl (C=O) groups is 2. The zero-order valence-electron chi connectivity index (χ0n) is 38.7. The fourth-order valence-electron chi connectivity index (χ4n) is 8.89. The van der Waals surface area contributed by atoms with Gasteiger partial charge in [-0.15, -0.1) is 0 Å². The molecule has 1 aliphatic heterocycles. The Morgan fingerprint density at radius 2 is 0.948 bits per heavy atom. The highest BCUT2D eigenvalue weighted by Crippen LogP contribution is 2.39. The number of hydrogen-bond donors (Lipinski definition) is 0. The Morgan fingerprint density at radius 3 is 1.40 bits per heavy atom. The molecule has 6 heteroatoms. The summed E-state index contributed by atoms with van der Waals surface area (Å²) >= 11 is 0. The van der Waals surface area contributed by atoms with E-state index in [9.17, 15) is 9.59 Å². The molecule has 0 aromatic heterocycles. The zero-order chi connectivity index (χ0) is 41.8. The first-order valence-corrected chi connectivity index (χ1v) is 25.1. The monoisotopic (exact) mass is 812 g/mol. The summed E-state index contributed by atoms with van der Waals surface area (Å²) < 4.78 is 18.3. The van der Waals surface area contributed by atoms with Gasteiger partial charge in [0.2, 0.25) is 0 Å². The molecular formula is C52H93NO5. The topological polar surface area (TPSA) is 65.1 Å². The van der Waals surface area contributed by atoms with Crippen molar-refractivity contribution in [1.29, 1.82) is 0 Å². The molecule has 1 aromatic carbocycles. The second-order valence-electron chi connectivity index (χ2n) is 18.1. The van der Waals surface area contributed by atoms with E-state index in [1.54, 1.807) is 0 Å². The van der Waals surface area contributed by atoms with E-state index in [4.69, 9.17) is 14.2 Å². The molecule has 1 fully saturated rings. The first-order chi connectivity index (χ1) is 28.5. The third-order valence-electron chi connectivity index (χ3n) is 13.1. The van der Waals surface area contributed by atoms with Crippen LogP contribution >= 0.6 is 0 Å². The van der Waals surface area contributed by atoms with Crippen LogP contribution in [0.2, 0.25) is 0 Å². The summed E-state index contributed by atoms with van der Waals surface area (Å²) in [5.41, 5.74) is 1.26. The van der Waals surface area contributed by atoms with Crippen LogP contribution in [0.3, 0.4) is 0 Å². The van der Waals surface area contributed by atoms with Gasteiger partial charge in [-0.2, -0.15) is 0 Å². The van der Waals surface area contributed by atoms with Crippen molar-refractivity contribution in [2.75, 3.05) is 39.5 Å². The third-order valence-corrected chi connectivity index (χ3v) is 13.1. The number of nitrogens with zero attached hydrogens (tertiary/aromatic N) is 1. The van der Waals surface area contributed by atoms with Crippen molar-refractivity contribution < 1.29 is 23.8 Å². The first-order valence-electron chi connectivity index (χ1n) is 25.1. The van der Waals surface area contributed by atoms with Crippen LogP contribution in [0.25, 0.3) is 0 Å². The van der Waals surface area contributed by atoms with Gasteiger partial charge in [-0.25, -0.2) is 0 Å². The van der Waals surface area contributed by atoms with Crippen LogP contribution in [-0.4, -0.2) is 56.3 Å². The summed E-state index contributed by atoms with van der Waals surface area (Å²) in [5.74, 6) is 0.108. The van der Waals surface area contributed by atoms with Crippen molar-refractivity contribution in [3.8, 4) is 0 Å². The molecule has 336 valence electrons. The van der Waals surface area contributed by atoms with Crippen molar-refractivity contribution in [1.82, 2.24) is 4.90 Å². The summed E-state index contributed by atoms with van der Waals surface area (Å²) in [7, 11) is 0. The van der Waals surface area contributed by atoms with E-state index in [-0.39, 0.29) is 29.2 Å². The maximum atomic E-state index is 13.6. The van der Waals surface area contributed by atoms with Gasteiger partial charge in [0, 0.05) is 6.61 Å². The van der Waals surface area contributed by atoms with E-state index in [1.165, 1.54) is 108 Å². The van der Waals surface area contributed by atoms with Gasteiger partial charge < -0.3 is 19.1 Å². The van der Waals surface area contributed by atoms with Crippen molar-refractivity contribution in [2.24, 2.45) is 17.3 Å². The average molecular weight is 812 g/mol. The number of ether oxygens (including phenoxy) is 3. The fraction of sp³-hybridized carbons (Fsp3) is 0.846. The van der Waals surface area contributed by atoms with Gasteiger partial charge >= 0.3 is 11.9 Å². The molecule has 2 atom stereocenters. The van der Waals surface area contributed by atoms with E-state index in [2.05, 4.69) is 56.9 Å². The molecule has 0 saturated carbocycles. The molecule has 1 aromatic rings. The highest BCUT2D eigenvalue weighted by atomic mass is 16.5. The molecule has 2 rings (SSSR count). The van der Waals surface area contributed by atoms with Crippen molar-refractivity contribution in [2.45, 2.75) is 227 Å². The molecule has 0 N–H and O–H groups in total. The smallest absolute Gasteiger partial charge is 0.308 e. The van der Waals surface area contributed by atoms with Crippen LogP contribution in [0, 0.1) is 17.3 Å². The maximum absolute atomic E-state index is 13.6. The lowest BCUT2D eigenvalue weighted by molar-refractivity contribution is -0.151. The SMILES string of the molecule is CCCCCCCCC(CCCCCC)C(=O)OCCC1(CCOC(=O)C(CCCCCC)CCCCCCCC)CCN(CCCCOCc2ccccc2)CC1. The predicted molar refractivity (Wildman–Crippen MR) is 245 cm³/mol. The Bertz CT molecular complexity index is 1030. The van der Waals surface area contributed by atoms with Crippen LogP contribution in [0.4, 0.5) is 0 Å². The highest BCUT2D eigenvalue weighted by molar-refractivity contribution is 5.72. The number of unbranched alkanes of at least 4 members (excludes halogenated alkanes) is 17. The molecule has 2 unspecified atom stereocenters. The summed E-state index contributed by atoms with van der Waals surface area (Å²) in [6.45, 7) is 14.6. The molecule has 0 aliphatic carbocycles. The largest absolute Gasteiger partial charge is 0.465 e. The van der Waals surface area contributed by atoms with E-state index in [1.807, 2.05) is 6.07 Å². The molecular weight excluding hydrogens is 719 g/mol. The zero-order valence-corrected chi connectivity index (χ0v) is 38.7. The minimum Gasteiger partial charge on any atom is -0.465 e. The van der Waals surface area contributed by atoms with Gasteiger partial charge in [0.15, 0.2) is 0 Å². The molecule has 0 bridgehead atoms. The van der Waals surface area contributed by atoms with Crippen LogP contribution < -0.4 is 0 Å². The summed E-state index contributed by atoms with van der Waals surface area (Å²) in [5, 5.41) is 0. The van der Waals surface area contributed by atoms with Gasteiger partial charge in [-0.05, 0) is 94.8 Å². The summed E-state index contributed by atoms with van der Waals surface area (Å²) in [6.07, 6.45) is 34.4. The van der Waals surface area contributed by atoms with Gasteiger partial charge in [-0.3, -0.25) is 9.59 Å². The van der Waals surface area contributed by atoms with Gasteiger partial charge in [-0.1, -0.05) is 186 Å². The lowest BCUT2D eigenvalue weighted by atomic mass is 9.73. The second kappa shape index (κ2) is 35.8. The number of benzene rings is 1. The second-order valence-corrected chi connectivity index (χ2v) is 18.1.